The van der Waals surface area contributed by atoms with Crippen LogP contribution in [0.15, 0.2) is 18.5 Å². The molecule has 4 nitrogen and oxygen atoms in total. The second-order valence-electron chi connectivity index (χ2n) is 4.69. The van der Waals surface area contributed by atoms with Gasteiger partial charge in [-0.25, -0.2) is 0 Å². The number of aryl methyl sites for hydroxylation is 1. The monoisotopic (exact) mass is 235 g/mol. The number of likely N-dealkylation sites (N-methyl/N-ethyl adjacent to an activating group) is 1. The van der Waals surface area contributed by atoms with Gasteiger partial charge in [0.25, 0.3) is 0 Å². The van der Waals surface area contributed by atoms with E-state index in [4.69, 9.17) is 4.74 Å². The van der Waals surface area contributed by atoms with Crippen molar-refractivity contribution in [2.24, 2.45) is 0 Å². The molecule has 17 heavy (non-hydrogen) atoms. The molecule has 0 aromatic carbocycles. The maximum atomic E-state index is 5.70. The molecule has 1 aliphatic heterocycles. The van der Waals surface area contributed by atoms with Gasteiger partial charge in [0.2, 0.25) is 0 Å². The maximum Gasteiger partial charge on any atom is 0.0826 e. The Morgan fingerprint density at radius 2 is 2.47 bits per heavy atom. The summed E-state index contributed by atoms with van der Waals surface area (Å²) in [7, 11) is 2.14. The van der Waals surface area contributed by atoms with Crippen LogP contribution in [0.2, 0.25) is 0 Å². The Hall–Kier alpha value is -0.970. The number of ether oxygens (including phenoxy) is 1. The summed E-state index contributed by atoms with van der Waals surface area (Å²) in [6.07, 6.45) is 4.06. The summed E-state index contributed by atoms with van der Waals surface area (Å²) < 4.78 is 5.70. The van der Waals surface area contributed by atoms with Crippen LogP contribution in [0.4, 0.5) is 0 Å². The standard InChI is InChI=1S/C13H21N3O/c1-11-7-14-4-3-12(11)8-15-9-13-10-16(2)5-6-17-13/h3-4,7,13,15H,5-6,8-10H2,1-2H3. The van der Waals surface area contributed by atoms with Gasteiger partial charge in [-0.15, -0.1) is 0 Å². The lowest BCUT2D eigenvalue weighted by molar-refractivity contribution is -0.0182. The zero-order chi connectivity index (χ0) is 12.1. The van der Waals surface area contributed by atoms with Gasteiger partial charge in [-0.05, 0) is 31.2 Å². The predicted molar refractivity (Wildman–Crippen MR) is 67.9 cm³/mol. The van der Waals surface area contributed by atoms with Gasteiger partial charge in [-0.3, -0.25) is 4.98 Å². The molecule has 2 heterocycles. The van der Waals surface area contributed by atoms with Crippen molar-refractivity contribution >= 4 is 0 Å². The van der Waals surface area contributed by atoms with Crippen molar-refractivity contribution < 1.29 is 4.74 Å². The molecule has 4 heteroatoms. The van der Waals surface area contributed by atoms with Gasteiger partial charge in [0.15, 0.2) is 0 Å². The Morgan fingerprint density at radius 3 is 3.24 bits per heavy atom. The molecule has 1 aliphatic rings. The molecule has 1 aromatic heterocycles. The fraction of sp³-hybridized carbons (Fsp3) is 0.615. The number of morpholine rings is 1. The fourth-order valence-electron chi connectivity index (χ4n) is 2.06. The number of nitrogens with zero attached hydrogens (tertiary/aromatic N) is 2. The summed E-state index contributed by atoms with van der Waals surface area (Å²) in [5.41, 5.74) is 2.55. The number of hydrogen-bond donors (Lipinski definition) is 1. The van der Waals surface area contributed by atoms with Gasteiger partial charge in [-0.1, -0.05) is 0 Å². The Bertz CT molecular complexity index is 356. The summed E-state index contributed by atoms with van der Waals surface area (Å²) >= 11 is 0. The topological polar surface area (TPSA) is 37.4 Å². The number of pyridine rings is 1. The van der Waals surface area contributed by atoms with Crippen molar-refractivity contribution in [3.8, 4) is 0 Å². The van der Waals surface area contributed by atoms with Crippen LogP contribution in [-0.2, 0) is 11.3 Å². The summed E-state index contributed by atoms with van der Waals surface area (Å²) in [6, 6.07) is 2.07. The molecule has 1 aromatic rings. The summed E-state index contributed by atoms with van der Waals surface area (Å²) in [5, 5.41) is 3.45. The molecule has 1 atom stereocenters. The molecule has 2 rings (SSSR count). The minimum absolute atomic E-state index is 0.316. The second-order valence-corrected chi connectivity index (χ2v) is 4.69. The largest absolute Gasteiger partial charge is 0.374 e. The highest BCUT2D eigenvalue weighted by atomic mass is 16.5. The van der Waals surface area contributed by atoms with Crippen LogP contribution < -0.4 is 5.32 Å². The Kier molecular flexibility index (Phi) is 4.48. The van der Waals surface area contributed by atoms with E-state index in [1.54, 1.807) is 0 Å². The molecule has 1 N–H and O–H groups in total. The van der Waals surface area contributed by atoms with E-state index >= 15 is 0 Å². The van der Waals surface area contributed by atoms with Crippen molar-refractivity contribution in [3.05, 3.63) is 29.6 Å². The molecule has 1 fully saturated rings. The van der Waals surface area contributed by atoms with E-state index in [2.05, 4.69) is 35.2 Å². The molecule has 1 unspecified atom stereocenters. The lowest BCUT2D eigenvalue weighted by Crippen LogP contribution is -2.44. The molecular formula is C13H21N3O. The van der Waals surface area contributed by atoms with Crippen LogP contribution in [0.5, 0.6) is 0 Å². The molecule has 0 aliphatic carbocycles. The Balaban J connectivity index is 1.74. The lowest BCUT2D eigenvalue weighted by atomic mass is 10.1. The van der Waals surface area contributed by atoms with E-state index in [1.165, 1.54) is 11.1 Å². The normalized spacial score (nSPS) is 21.6. The Morgan fingerprint density at radius 1 is 1.59 bits per heavy atom. The highest BCUT2D eigenvalue weighted by Crippen LogP contribution is 2.05. The van der Waals surface area contributed by atoms with E-state index in [9.17, 15) is 0 Å². The fourth-order valence-corrected chi connectivity index (χ4v) is 2.06. The van der Waals surface area contributed by atoms with Crippen molar-refractivity contribution in [2.45, 2.75) is 19.6 Å². The molecule has 0 radical (unpaired) electrons. The van der Waals surface area contributed by atoms with Gasteiger partial charge < -0.3 is 15.0 Å². The van der Waals surface area contributed by atoms with Crippen LogP contribution >= 0.6 is 0 Å². The van der Waals surface area contributed by atoms with E-state index in [0.29, 0.717) is 6.10 Å². The summed E-state index contributed by atoms with van der Waals surface area (Å²) in [4.78, 5) is 6.41. The first-order valence-electron chi connectivity index (χ1n) is 6.16. The summed E-state index contributed by atoms with van der Waals surface area (Å²) in [6.45, 7) is 6.79. The molecule has 0 bridgehead atoms. The van der Waals surface area contributed by atoms with E-state index in [-0.39, 0.29) is 0 Å². The second kappa shape index (κ2) is 6.10. The number of hydrogen-bond acceptors (Lipinski definition) is 4. The van der Waals surface area contributed by atoms with Crippen molar-refractivity contribution in [2.75, 3.05) is 33.3 Å². The third-order valence-electron chi connectivity index (χ3n) is 3.17. The highest BCUT2D eigenvalue weighted by molar-refractivity contribution is 5.21. The van der Waals surface area contributed by atoms with E-state index in [0.717, 1.165) is 32.8 Å². The number of aromatic nitrogens is 1. The van der Waals surface area contributed by atoms with E-state index < -0.39 is 0 Å². The van der Waals surface area contributed by atoms with Gasteiger partial charge in [0, 0.05) is 38.6 Å². The van der Waals surface area contributed by atoms with Crippen molar-refractivity contribution in [3.63, 3.8) is 0 Å². The van der Waals surface area contributed by atoms with Crippen LogP contribution in [0.3, 0.4) is 0 Å². The minimum Gasteiger partial charge on any atom is -0.374 e. The minimum atomic E-state index is 0.316. The SMILES string of the molecule is Cc1cnccc1CNCC1CN(C)CCO1. The molecular weight excluding hydrogens is 214 g/mol. The number of rotatable bonds is 4. The third kappa shape index (κ3) is 3.77. The zero-order valence-electron chi connectivity index (χ0n) is 10.6. The Labute approximate surface area is 103 Å². The van der Waals surface area contributed by atoms with Crippen LogP contribution in [0.1, 0.15) is 11.1 Å². The molecule has 1 saturated heterocycles. The molecule has 94 valence electrons. The number of nitrogens with one attached hydrogen (secondary N) is 1. The molecule has 0 saturated carbocycles. The third-order valence-corrected chi connectivity index (χ3v) is 3.17. The molecule has 0 spiro atoms. The van der Waals surface area contributed by atoms with Crippen LogP contribution in [0, 0.1) is 6.92 Å². The first kappa shape index (κ1) is 12.5. The summed E-state index contributed by atoms with van der Waals surface area (Å²) in [5.74, 6) is 0. The van der Waals surface area contributed by atoms with E-state index in [1.807, 2.05) is 12.4 Å². The van der Waals surface area contributed by atoms with Gasteiger partial charge in [-0.2, -0.15) is 0 Å². The van der Waals surface area contributed by atoms with Gasteiger partial charge in [0.05, 0.1) is 12.7 Å². The van der Waals surface area contributed by atoms with Crippen LogP contribution in [-0.4, -0.2) is 49.3 Å². The smallest absolute Gasteiger partial charge is 0.0826 e. The average Bonchev–Trinajstić information content (AvgIpc) is 2.32. The van der Waals surface area contributed by atoms with Crippen molar-refractivity contribution in [1.29, 1.82) is 0 Å². The lowest BCUT2D eigenvalue weighted by Gasteiger charge is -2.30. The quantitative estimate of drug-likeness (QED) is 0.838. The van der Waals surface area contributed by atoms with Crippen molar-refractivity contribution in [1.82, 2.24) is 15.2 Å². The first-order valence-corrected chi connectivity index (χ1v) is 6.16. The van der Waals surface area contributed by atoms with Crippen LogP contribution in [0.25, 0.3) is 0 Å². The first-order chi connectivity index (χ1) is 8.25. The average molecular weight is 235 g/mol. The molecule has 0 amide bonds. The predicted octanol–water partition coefficient (Wildman–Crippen LogP) is 0.810. The maximum absolute atomic E-state index is 5.70. The highest BCUT2D eigenvalue weighted by Gasteiger charge is 2.16. The van der Waals surface area contributed by atoms with Gasteiger partial charge >= 0.3 is 0 Å². The van der Waals surface area contributed by atoms with Gasteiger partial charge in [0.1, 0.15) is 0 Å². The zero-order valence-corrected chi connectivity index (χ0v) is 10.6.